The Kier molecular flexibility index (Phi) is 3.36. The average molecular weight is 377 g/mol. The van der Waals surface area contributed by atoms with Gasteiger partial charge >= 0.3 is 0 Å². The lowest BCUT2D eigenvalue weighted by Gasteiger charge is -2.07. The zero-order valence-electron chi connectivity index (χ0n) is 16.3. The minimum Gasteiger partial charge on any atom is -0.456 e. The molecule has 0 unspecified atom stereocenters. The van der Waals surface area contributed by atoms with E-state index in [-0.39, 0.29) is 0 Å². The monoisotopic (exact) mass is 377 g/mol. The zero-order valence-corrected chi connectivity index (χ0v) is 16.3. The van der Waals surface area contributed by atoms with Crippen LogP contribution < -0.4 is 0 Å². The van der Waals surface area contributed by atoms with Crippen molar-refractivity contribution >= 4 is 43.9 Å². The maximum atomic E-state index is 6.38. The first-order valence-electron chi connectivity index (χ1n) is 9.92. The van der Waals surface area contributed by atoms with Crippen LogP contribution in [0.4, 0.5) is 0 Å². The summed E-state index contributed by atoms with van der Waals surface area (Å²) in [6.07, 6.45) is 1.88. The number of fused-ring (bicyclic) bond motifs is 6. The summed E-state index contributed by atoms with van der Waals surface area (Å²) in [6, 6.07) is 22.8. The van der Waals surface area contributed by atoms with E-state index in [0.29, 0.717) is 5.92 Å². The highest BCUT2D eigenvalue weighted by Crippen LogP contribution is 2.39. The molecule has 0 aliphatic carbocycles. The van der Waals surface area contributed by atoms with Crippen LogP contribution in [0.3, 0.4) is 0 Å². The molecule has 0 aliphatic rings. The van der Waals surface area contributed by atoms with Gasteiger partial charge in [0.25, 0.3) is 0 Å². The number of aromatic nitrogens is 1. The van der Waals surface area contributed by atoms with Crippen molar-refractivity contribution in [1.82, 2.24) is 4.98 Å². The molecule has 6 aromatic rings. The summed E-state index contributed by atoms with van der Waals surface area (Å²) in [5.74, 6) is 0.451. The van der Waals surface area contributed by atoms with E-state index in [1.54, 1.807) is 0 Å². The second kappa shape index (κ2) is 5.95. The van der Waals surface area contributed by atoms with Gasteiger partial charge in [0, 0.05) is 33.3 Å². The Balaban J connectivity index is 1.65. The maximum Gasteiger partial charge on any atom is 0.144 e. The number of nitrogens with zero attached hydrogens (tertiary/aromatic N) is 1. The van der Waals surface area contributed by atoms with Crippen molar-refractivity contribution in [2.45, 2.75) is 19.8 Å². The van der Waals surface area contributed by atoms with E-state index in [2.05, 4.69) is 67.4 Å². The van der Waals surface area contributed by atoms with Crippen molar-refractivity contribution < 1.29 is 8.83 Å². The maximum absolute atomic E-state index is 6.38. The molecule has 0 aliphatic heterocycles. The fourth-order valence-corrected chi connectivity index (χ4v) is 4.17. The molecule has 0 saturated heterocycles. The van der Waals surface area contributed by atoms with Gasteiger partial charge < -0.3 is 8.83 Å². The molecule has 0 spiro atoms. The first-order chi connectivity index (χ1) is 14.2. The average Bonchev–Trinajstić information content (AvgIpc) is 3.29. The van der Waals surface area contributed by atoms with Gasteiger partial charge in [-0.15, -0.1) is 0 Å². The molecule has 0 N–H and O–H groups in total. The molecule has 3 heteroatoms. The first-order valence-corrected chi connectivity index (χ1v) is 9.92. The molecule has 3 nitrogen and oxygen atoms in total. The summed E-state index contributed by atoms with van der Waals surface area (Å²) in [7, 11) is 0. The molecule has 0 saturated carbocycles. The molecule has 3 aromatic heterocycles. The summed E-state index contributed by atoms with van der Waals surface area (Å²) in [4.78, 5) is 4.62. The van der Waals surface area contributed by atoms with Crippen LogP contribution >= 0.6 is 0 Å². The summed E-state index contributed by atoms with van der Waals surface area (Å²) < 4.78 is 12.5. The third kappa shape index (κ3) is 2.40. The molecule has 3 heterocycles. The van der Waals surface area contributed by atoms with Gasteiger partial charge in [-0.1, -0.05) is 44.2 Å². The lowest BCUT2D eigenvalue weighted by atomic mass is 10.0. The molecule has 0 atom stereocenters. The van der Waals surface area contributed by atoms with E-state index in [9.17, 15) is 0 Å². The fraction of sp³-hybridized carbons (Fsp3) is 0.115. The van der Waals surface area contributed by atoms with Gasteiger partial charge in [-0.2, -0.15) is 0 Å². The number of para-hydroxylation sites is 2. The van der Waals surface area contributed by atoms with Gasteiger partial charge in [0.05, 0.1) is 5.69 Å². The van der Waals surface area contributed by atoms with Crippen molar-refractivity contribution in [1.29, 1.82) is 0 Å². The van der Waals surface area contributed by atoms with E-state index in [1.807, 2.05) is 24.4 Å². The molecule has 0 bridgehead atoms. The van der Waals surface area contributed by atoms with Crippen LogP contribution in [0.5, 0.6) is 0 Å². The quantitative estimate of drug-likeness (QED) is 0.311. The largest absolute Gasteiger partial charge is 0.456 e. The summed E-state index contributed by atoms with van der Waals surface area (Å²) in [5, 5.41) is 4.33. The van der Waals surface area contributed by atoms with Gasteiger partial charge in [-0.05, 0) is 47.9 Å². The second-order valence-corrected chi connectivity index (χ2v) is 7.86. The molecule has 0 fully saturated rings. The number of hydrogen-bond donors (Lipinski definition) is 0. The van der Waals surface area contributed by atoms with Gasteiger partial charge in [0.2, 0.25) is 0 Å². The molecule has 0 radical (unpaired) electrons. The van der Waals surface area contributed by atoms with Crippen LogP contribution in [-0.2, 0) is 0 Å². The number of benzene rings is 3. The third-order valence-corrected chi connectivity index (χ3v) is 5.72. The summed E-state index contributed by atoms with van der Waals surface area (Å²) in [5.41, 5.74) is 6.74. The highest BCUT2D eigenvalue weighted by atomic mass is 16.3. The van der Waals surface area contributed by atoms with E-state index in [1.165, 1.54) is 5.56 Å². The minimum absolute atomic E-state index is 0.451. The number of hydrogen-bond acceptors (Lipinski definition) is 3. The predicted octanol–water partition coefficient (Wildman–Crippen LogP) is 7.67. The Morgan fingerprint density at radius 3 is 2.31 bits per heavy atom. The van der Waals surface area contributed by atoms with Crippen molar-refractivity contribution in [3.8, 4) is 11.3 Å². The molecule has 29 heavy (non-hydrogen) atoms. The Labute approximate surface area is 167 Å². The van der Waals surface area contributed by atoms with E-state index < -0.39 is 0 Å². The zero-order chi connectivity index (χ0) is 19.5. The van der Waals surface area contributed by atoms with Gasteiger partial charge in [-0.3, -0.25) is 4.98 Å². The van der Waals surface area contributed by atoms with Gasteiger partial charge in [-0.25, -0.2) is 0 Å². The van der Waals surface area contributed by atoms with E-state index in [0.717, 1.165) is 55.1 Å². The van der Waals surface area contributed by atoms with Gasteiger partial charge in [0.1, 0.15) is 22.3 Å². The Bertz CT molecular complexity index is 1530. The summed E-state index contributed by atoms with van der Waals surface area (Å²) >= 11 is 0. The molecular weight excluding hydrogens is 358 g/mol. The Morgan fingerprint density at radius 1 is 0.690 bits per heavy atom. The van der Waals surface area contributed by atoms with Crippen LogP contribution in [0.2, 0.25) is 0 Å². The van der Waals surface area contributed by atoms with Crippen LogP contribution in [0.1, 0.15) is 25.3 Å². The topological polar surface area (TPSA) is 39.2 Å². The highest BCUT2D eigenvalue weighted by Gasteiger charge is 2.16. The van der Waals surface area contributed by atoms with Crippen LogP contribution in [0, 0.1) is 0 Å². The SMILES string of the molecule is CC(C)c1ccnc(-c2cccc3c2oc2cc4c(cc23)oc2ccccc24)c1. The molecule has 140 valence electrons. The molecular formula is C26H19NO2. The van der Waals surface area contributed by atoms with Crippen molar-refractivity contribution in [3.05, 3.63) is 78.5 Å². The van der Waals surface area contributed by atoms with Crippen LogP contribution in [-0.4, -0.2) is 4.98 Å². The van der Waals surface area contributed by atoms with E-state index >= 15 is 0 Å². The van der Waals surface area contributed by atoms with Crippen molar-refractivity contribution in [2.75, 3.05) is 0 Å². The van der Waals surface area contributed by atoms with Gasteiger partial charge in [0.15, 0.2) is 0 Å². The second-order valence-electron chi connectivity index (χ2n) is 7.86. The minimum atomic E-state index is 0.451. The number of furan rings is 2. The van der Waals surface area contributed by atoms with E-state index in [4.69, 9.17) is 8.83 Å². The predicted molar refractivity (Wildman–Crippen MR) is 118 cm³/mol. The Hall–Kier alpha value is -3.59. The normalized spacial score (nSPS) is 12.1. The molecule has 0 amide bonds. The Morgan fingerprint density at radius 2 is 1.45 bits per heavy atom. The summed E-state index contributed by atoms with van der Waals surface area (Å²) in [6.45, 7) is 4.39. The standard InChI is InChI=1S/C26H19NO2/c1-15(2)16-10-11-27-22(12-16)19-8-5-7-18-21-14-24-20(13-25(21)29-26(18)19)17-6-3-4-9-23(17)28-24/h3-15H,1-2H3. The number of rotatable bonds is 2. The molecule has 3 aromatic carbocycles. The lowest BCUT2D eigenvalue weighted by Crippen LogP contribution is -1.90. The third-order valence-electron chi connectivity index (χ3n) is 5.72. The first kappa shape index (κ1) is 16.4. The van der Waals surface area contributed by atoms with Crippen LogP contribution in [0.25, 0.3) is 55.1 Å². The van der Waals surface area contributed by atoms with Crippen molar-refractivity contribution in [2.24, 2.45) is 0 Å². The number of pyridine rings is 1. The lowest BCUT2D eigenvalue weighted by molar-refractivity contribution is 0.664. The smallest absolute Gasteiger partial charge is 0.144 e. The molecule has 6 rings (SSSR count). The van der Waals surface area contributed by atoms with Crippen molar-refractivity contribution in [3.63, 3.8) is 0 Å². The highest BCUT2D eigenvalue weighted by molar-refractivity contribution is 6.16. The fourth-order valence-electron chi connectivity index (χ4n) is 4.17. The van der Waals surface area contributed by atoms with Crippen LogP contribution in [0.15, 0.2) is 81.8 Å².